The summed E-state index contributed by atoms with van der Waals surface area (Å²) in [7, 11) is -3.71. The van der Waals surface area contributed by atoms with Crippen LogP contribution in [0.3, 0.4) is 0 Å². The smallest absolute Gasteiger partial charge is 0.424 e. The van der Waals surface area contributed by atoms with Crippen molar-refractivity contribution in [2.75, 3.05) is 11.2 Å². The monoisotopic (exact) mass is 339 g/mol. The normalized spacial score (nSPS) is 11.7. The highest BCUT2D eigenvalue weighted by Gasteiger charge is 2.30. The second-order valence-corrected chi connectivity index (χ2v) is 7.78. The van der Waals surface area contributed by atoms with Crippen molar-refractivity contribution in [1.82, 2.24) is 4.31 Å². The molecule has 0 saturated heterocycles. The van der Waals surface area contributed by atoms with Gasteiger partial charge in [0.25, 0.3) is 0 Å². The molecule has 104 valence electrons. The number of hydrogen-bond acceptors (Lipinski definition) is 4. The molecule has 0 heterocycles. The summed E-state index contributed by atoms with van der Waals surface area (Å²) < 4.78 is 28.9. The van der Waals surface area contributed by atoms with E-state index in [1.165, 1.54) is 0 Å². The Kier molecular flexibility index (Phi) is 6.71. The summed E-state index contributed by atoms with van der Waals surface area (Å²) in [6.45, 7) is 5.04. The molecule has 0 atom stereocenters. The van der Waals surface area contributed by atoms with Gasteiger partial charge in [0.2, 0.25) is 10.0 Å². The zero-order chi connectivity index (χ0) is 14.4. The fourth-order valence-electron chi connectivity index (χ4n) is 1.04. The van der Waals surface area contributed by atoms with Crippen LogP contribution in [-0.2, 0) is 14.8 Å². The predicted octanol–water partition coefficient (Wildman–Crippen LogP) is 2.32. The fraction of sp³-hybridized carbons (Fsp3) is 0.727. The van der Waals surface area contributed by atoms with Crippen molar-refractivity contribution < 1.29 is 17.9 Å². The summed E-state index contributed by atoms with van der Waals surface area (Å²) in [6.07, 6.45) is 5.02. The molecule has 0 radical (unpaired) electrons. The first-order valence-electron chi connectivity index (χ1n) is 5.37. The molecule has 7 heteroatoms. The Morgan fingerprint density at radius 3 is 2.39 bits per heavy atom. The third-order valence-electron chi connectivity index (χ3n) is 1.75. The lowest BCUT2D eigenvalue weighted by atomic mass is 10.2. The van der Waals surface area contributed by atoms with E-state index in [-0.39, 0.29) is 11.2 Å². The first kappa shape index (κ1) is 17.3. The summed E-state index contributed by atoms with van der Waals surface area (Å²) in [5, 5.41) is 0. The van der Waals surface area contributed by atoms with Gasteiger partial charge in [0.1, 0.15) is 10.3 Å². The molecule has 18 heavy (non-hydrogen) atoms. The predicted molar refractivity (Wildman–Crippen MR) is 73.7 cm³/mol. The molecule has 0 aliphatic rings. The van der Waals surface area contributed by atoms with Crippen molar-refractivity contribution in [3.05, 3.63) is 0 Å². The van der Waals surface area contributed by atoms with Gasteiger partial charge in [-0.05, 0) is 27.2 Å². The van der Waals surface area contributed by atoms with Crippen molar-refractivity contribution in [2.45, 2.75) is 39.2 Å². The molecular weight excluding hydrogens is 322 g/mol. The molecule has 0 aliphatic heterocycles. The number of halogens is 1. The van der Waals surface area contributed by atoms with Gasteiger partial charge in [0.05, 0.1) is 0 Å². The van der Waals surface area contributed by atoms with E-state index in [9.17, 15) is 13.2 Å². The molecule has 1 amide bonds. The minimum absolute atomic E-state index is 0.0209. The van der Waals surface area contributed by atoms with Crippen molar-refractivity contribution in [3.8, 4) is 12.3 Å². The lowest BCUT2D eigenvalue weighted by Crippen LogP contribution is -2.41. The Bertz CT molecular complexity index is 419. The summed E-state index contributed by atoms with van der Waals surface area (Å²) in [5.41, 5.74) is -0.747. The average Bonchev–Trinajstić information content (AvgIpc) is 2.21. The third kappa shape index (κ3) is 6.26. The number of hydrogen-bond donors (Lipinski definition) is 0. The minimum Gasteiger partial charge on any atom is -0.443 e. The Labute approximate surface area is 117 Å². The second-order valence-electron chi connectivity index (χ2n) is 4.58. The molecule has 0 saturated carbocycles. The van der Waals surface area contributed by atoms with Gasteiger partial charge in [-0.3, -0.25) is 0 Å². The van der Waals surface area contributed by atoms with Crippen molar-refractivity contribution in [1.29, 1.82) is 0 Å². The number of rotatable bonds is 5. The van der Waals surface area contributed by atoms with Crippen LogP contribution < -0.4 is 0 Å². The molecule has 0 fully saturated rings. The molecule has 0 aromatic heterocycles. The Morgan fingerprint density at radius 2 is 2.00 bits per heavy atom. The van der Waals surface area contributed by atoms with E-state index in [1.54, 1.807) is 20.8 Å². The van der Waals surface area contributed by atoms with Crippen LogP contribution >= 0.6 is 15.9 Å². The maximum absolute atomic E-state index is 11.8. The standard InChI is InChI=1S/C11H18BrNO4S/c1-5-6-7-8-13(18(15,16)9-12)10(14)17-11(2,3)4/h1H,6-9H2,2-4H3. The van der Waals surface area contributed by atoms with Crippen LogP contribution in [-0.4, -0.2) is 35.6 Å². The van der Waals surface area contributed by atoms with Gasteiger partial charge in [0, 0.05) is 13.0 Å². The van der Waals surface area contributed by atoms with E-state index in [4.69, 9.17) is 11.2 Å². The minimum atomic E-state index is -3.71. The molecule has 0 N–H and O–H groups in total. The first-order valence-corrected chi connectivity index (χ1v) is 8.10. The van der Waals surface area contributed by atoms with Gasteiger partial charge < -0.3 is 4.74 Å². The largest absolute Gasteiger partial charge is 0.443 e. The van der Waals surface area contributed by atoms with Gasteiger partial charge in [-0.25, -0.2) is 17.5 Å². The van der Waals surface area contributed by atoms with Gasteiger partial charge in [0.15, 0.2) is 0 Å². The molecular formula is C11H18BrNO4S. The topological polar surface area (TPSA) is 63.7 Å². The second kappa shape index (κ2) is 7.00. The van der Waals surface area contributed by atoms with Crippen LogP contribution in [0.4, 0.5) is 4.79 Å². The summed E-state index contributed by atoms with van der Waals surface area (Å²) >= 11 is 2.85. The van der Waals surface area contributed by atoms with Crippen LogP contribution in [0.5, 0.6) is 0 Å². The van der Waals surface area contributed by atoms with Crippen molar-refractivity contribution in [3.63, 3.8) is 0 Å². The number of amides is 1. The number of alkyl halides is 1. The zero-order valence-electron chi connectivity index (χ0n) is 10.8. The van der Waals surface area contributed by atoms with E-state index in [1.807, 2.05) is 0 Å². The molecule has 5 nitrogen and oxygen atoms in total. The number of sulfonamides is 1. The van der Waals surface area contributed by atoms with Crippen LogP contribution in [0.2, 0.25) is 0 Å². The molecule has 0 spiro atoms. The lowest BCUT2D eigenvalue weighted by molar-refractivity contribution is 0.0391. The molecule has 0 aromatic rings. The van der Waals surface area contributed by atoms with E-state index < -0.39 is 21.7 Å². The summed E-state index contributed by atoms with van der Waals surface area (Å²) in [4.78, 5) is 11.8. The van der Waals surface area contributed by atoms with Gasteiger partial charge in [-0.1, -0.05) is 15.9 Å². The number of carbonyl (C=O) groups is 1. The maximum atomic E-state index is 11.8. The van der Waals surface area contributed by atoms with Crippen LogP contribution in [0.15, 0.2) is 0 Å². The van der Waals surface area contributed by atoms with Gasteiger partial charge in [-0.15, -0.1) is 12.3 Å². The van der Waals surface area contributed by atoms with Crippen molar-refractivity contribution >= 4 is 32.0 Å². The summed E-state index contributed by atoms with van der Waals surface area (Å²) in [6, 6.07) is 0. The SMILES string of the molecule is C#CCCCN(C(=O)OC(C)(C)C)S(=O)(=O)CBr. The lowest BCUT2D eigenvalue weighted by Gasteiger charge is -2.26. The number of terminal acetylenes is 1. The van der Waals surface area contributed by atoms with Gasteiger partial charge >= 0.3 is 6.09 Å². The highest BCUT2D eigenvalue weighted by molar-refractivity contribution is 9.10. The Balaban J connectivity index is 4.89. The number of ether oxygens (including phenoxy) is 1. The quantitative estimate of drug-likeness (QED) is 0.438. The molecule has 0 rings (SSSR count). The summed E-state index contributed by atoms with van der Waals surface area (Å²) in [5.74, 6) is 2.39. The zero-order valence-corrected chi connectivity index (χ0v) is 13.2. The third-order valence-corrected chi connectivity index (χ3v) is 4.77. The molecule has 0 bridgehead atoms. The van der Waals surface area contributed by atoms with E-state index in [0.717, 1.165) is 0 Å². The highest BCUT2D eigenvalue weighted by atomic mass is 79.9. The molecule has 0 aliphatic carbocycles. The highest BCUT2D eigenvalue weighted by Crippen LogP contribution is 2.14. The maximum Gasteiger partial charge on any atom is 0.424 e. The molecule has 0 aromatic carbocycles. The Hall–Kier alpha value is -0.740. The van der Waals surface area contributed by atoms with E-state index in [0.29, 0.717) is 17.1 Å². The number of nitrogens with zero attached hydrogens (tertiary/aromatic N) is 1. The van der Waals surface area contributed by atoms with Crippen LogP contribution in [0, 0.1) is 12.3 Å². The van der Waals surface area contributed by atoms with Gasteiger partial charge in [-0.2, -0.15) is 0 Å². The molecule has 0 unspecified atom stereocenters. The van der Waals surface area contributed by atoms with E-state index >= 15 is 0 Å². The number of unbranched alkanes of at least 4 members (excludes halogenated alkanes) is 1. The Morgan fingerprint density at radius 1 is 1.44 bits per heavy atom. The fourth-order valence-corrected chi connectivity index (χ4v) is 2.57. The van der Waals surface area contributed by atoms with E-state index in [2.05, 4.69) is 21.9 Å². The van der Waals surface area contributed by atoms with Crippen molar-refractivity contribution in [2.24, 2.45) is 0 Å². The average molecular weight is 340 g/mol. The first-order chi connectivity index (χ1) is 8.14. The number of carbonyl (C=O) groups excluding carboxylic acids is 1. The van der Waals surface area contributed by atoms with Crippen LogP contribution in [0.25, 0.3) is 0 Å². The van der Waals surface area contributed by atoms with Crippen LogP contribution in [0.1, 0.15) is 33.6 Å².